The number of alkyl halides is 6. The van der Waals surface area contributed by atoms with E-state index in [9.17, 15) is 43.2 Å². The van der Waals surface area contributed by atoms with Crippen LogP contribution in [0.3, 0.4) is 0 Å². The summed E-state index contributed by atoms with van der Waals surface area (Å²) >= 11 is 33.5. The minimum atomic E-state index is -1.74. The first-order chi connectivity index (χ1) is 34.3. The van der Waals surface area contributed by atoms with E-state index in [-0.39, 0.29) is 30.8 Å². The molecule has 2 rings (SSSR count). The van der Waals surface area contributed by atoms with E-state index < -0.39 is 115 Å². The number of ether oxygens (including phenoxy) is 5. The number of amides is 5. The number of likely N-dealkylation sites (N-methyl/N-ethyl adjacent to an activating group) is 2. The largest absolute Gasteiger partial charge is 0.480 e. The summed E-state index contributed by atoms with van der Waals surface area (Å²) in [4.78, 5) is 112. The fraction of sp³-hybridized carbons (Fsp3) is 0.812. The number of carboxylic acid groups (broad SMARTS) is 1. The van der Waals surface area contributed by atoms with Crippen LogP contribution in [0.5, 0.6) is 0 Å². The van der Waals surface area contributed by atoms with Gasteiger partial charge in [-0.1, -0.05) is 104 Å². The van der Waals surface area contributed by atoms with Crippen molar-refractivity contribution >= 4 is 123 Å². The molecule has 0 aromatic carbocycles. The lowest BCUT2D eigenvalue weighted by molar-refractivity contribution is -0.160. The molecule has 2 aliphatic rings. The molecule has 2 aliphatic heterocycles. The Balaban J connectivity index is 0.00000118. The van der Waals surface area contributed by atoms with Gasteiger partial charge in [0.25, 0.3) is 5.91 Å². The topological polar surface area (TPSA) is 269 Å². The maximum absolute atomic E-state index is 13.0. The smallest absolute Gasteiger partial charge is 0.410 e. The number of halogens is 6. The number of esters is 3. The van der Waals surface area contributed by atoms with E-state index in [1.165, 1.54) is 35.9 Å². The maximum atomic E-state index is 13.0. The van der Waals surface area contributed by atoms with E-state index in [4.69, 9.17) is 98.4 Å². The minimum absolute atomic E-state index is 0.0450. The van der Waals surface area contributed by atoms with Gasteiger partial charge in [0.2, 0.25) is 19.4 Å². The number of hydrogen-bond acceptors (Lipinski definition) is 16. The third-order valence-corrected chi connectivity index (χ3v) is 10.9. The third-order valence-electron chi connectivity index (χ3n) is 10.3. The Kier molecular flexibility index (Phi) is 29.9. The number of nitrogens with zero attached hydrogens (tertiary/aromatic N) is 4. The van der Waals surface area contributed by atoms with Gasteiger partial charge in [0.15, 0.2) is 0 Å². The summed E-state index contributed by atoms with van der Waals surface area (Å²) < 4.78 is 22.2. The van der Waals surface area contributed by atoms with Crippen LogP contribution in [-0.4, -0.2) is 174 Å². The standard InChI is InChI=1S/C21H35Cl3N4O6.C16H25Cl3N2O5.C11H21NO4/c1-12(2)15(27(7)19(32)34-20(4,5)6)16(29)25-13(3)17(30)28-10-8-9-14(26-28)18(31)33-11-21(22,23)24;1-10(8-12(22)26-15(2,3)4)13(23)21-7-5-6-11(20-21)14(24)25-9-16(17,18)19;1-7(2)8(9(13)14)12(6)10(15)16-11(3,4)5/h12-15,26H,8-11H2,1-7H3,(H,25,29);10-11,20H,5-9H2,1-4H3;7-8H,1-6H3,(H,13,14)/t13-,14-,15-;10-,11+;/m01./s1. The molecule has 0 spiro atoms. The first kappa shape index (κ1) is 72.5. The Hall–Kier alpha value is -3.51. The molecule has 5 amide bonds. The first-order valence-corrected chi connectivity index (χ1v) is 26.8. The zero-order chi connectivity index (χ0) is 59.6. The van der Waals surface area contributed by atoms with Gasteiger partial charge in [-0.2, -0.15) is 0 Å². The summed E-state index contributed by atoms with van der Waals surface area (Å²) in [5, 5.41) is 14.3. The summed E-state index contributed by atoms with van der Waals surface area (Å²) in [5.74, 6) is -4.98. The highest BCUT2D eigenvalue weighted by Gasteiger charge is 2.38. The van der Waals surface area contributed by atoms with Crippen molar-refractivity contribution in [1.29, 1.82) is 0 Å². The predicted molar refractivity (Wildman–Crippen MR) is 288 cm³/mol. The van der Waals surface area contributed by atoms with Crippen molar-refractivity contribution < 1.29 is 71.9 Å². The van der Waals surface area contributed by atoms with Crippen molar-refractivity contribution in [2.24, 2.45) is 17.8 Å². The molecule has 2 saturated heterocycles. The Morgan fingerprint density at radius 3 is 1.28 bits per heavy atom. The van der Waals surface area contributed by atoms with Crippen molar-refractivity contribution in [3.63, 3.8) is 0 Å². The van der Waals surface area contributed by atoms with Gasteiger partial charge in [0, 0.05) is 33.1 Å². The van der Waals surface area contributed by atoms with Gasteiger partial charge in [0.1, 0.15) is 60.2 Å². The molecular formula is C48H81Cl6N7O15. The lowest BCUT2D eigenvalue weighted by Crippen LogP contribution is -2.61. The fourth-order valence-corrected chi connectivity index (χ4v) is 7.36. The molecule has 0 bridgehead atoms. The van der Waals surface area contributed by atoms with E-state index in [1.54, 1.807) is 96.9 Å². The monoisotopic (exact) mass is 1210 g/mol. The van der Waals surface area contributed by atoms with Crippen LogP contribution >= 0.6 is 69.6 Å². The van der Waals surface area contributed by atoms with Gasteiger partial charge in [-0.3, -0.25) is 48.6 Å². The second-order valence-corrected chi connectivity index (χ2v) is 26.9. The van der Waals surface area contributed by atoms with Gasteiger partial charge in [-0.05, 0) is 107 Å². The van der Waals surface area contributed by atoms with Crippen molar-refractivity contribution in [3.8, 4) is 0 Å². The molecule has 440 valence electrons. The van der Waals surface area contributed by atoms with Crippen molar-refractivity contribution in [3.05, 3.63) is 0 Å². The summed E-state index contributed by atoms with van der Waals surface area (Å²) in [6, 6.07) is -4.16. The lowest BCUT2D eigenvalue weighted by atomic mass is 10.0. The van der Waals surface area contributed by atoms with Gasteiger partial charge in [-0.25, -0.2) is 25.2 Å². The van der Waals surface area contributed by atoms with Gasteiger partial charge in [-0.15, -0.1) is 0 Å². The van der Waals surface area contributed by atoms with Crippen LogP contribution < -0.4 is 16.2 Å². The summed E-state index contributed by atoms with van der Waals surface area (Å²) in [6.45, 7) is 25.9. The van der Waals surface area contributed by atoms with E-state index in [2.05, 4.69) is 16.2 Å². The molecule has 0 saturated carbocycles. The van der Waals surface area contributed by atoms with Crippen molar-refractivity contribution in [2.45, 2.75) is 191 Å². The summed E-state index contributed by atoms with van der Waals surface area (Å²) in [7, 11) is 2.91. The summed E-state index contributed by atoms with van der Waals surface area (Å²) in [6.07, 6.45) is 0.746. The second kappa shape index (κ2) is 31.3. The molecule has 0 aromatic heterocycles. The van der Waals surface area contributed by atoms with Crippen molar-refractivity contribution in [2.75, 3.05) is 40.4 Å². The molecular weight excluding hydrogens is 1130 g/mol. The number of carboxylic acids is 1. The highest BCUT2D eigenvalue weighted by molar-refractivity contribution is 6.68. The predicted octanol–water partition coefficient (Wildman–Crippen LogP) is 7.52. The Labute approximate surface area is 477 Å². The molecule has 22 nitrogen and oxygen atoms in total. The Bertz CT molecular complexity index is 1970. The van der Waals surface area contributed by atoms with Gasteiger partial charge >= 0.3 is 36.1 Å². The number of hydrazine groups is 2. The molecule has 1 unspecified atom stereocenters. The van der Waals surface area contributed by atoms with E-state index in [0.29, 0.717) is 38.8 Å². The molecule has 2 fully saturated rings. The van der Waals surface area contributed by atoms with Gasteiger partial charge < -0.3 is 34.1 Å². The molecule has 6 atom stereocenters. The average Bonchev–Trinajstić information content (AvgIpc) is 3.24. The molecule has 4 N–H and O–H groups in total. The average molecular weight is 1210 g/mol. The molecule has 28 heteroatoms. The van der Waals surface area contributed by atoms with Crippen LogP contribution in [-0.2, 0) is 57.2 Å². The number of nitrogens with one attached hydrogen (secondary N) is 3. The van der Waals surface area contributed by atoms with Crippen molar-refractivity contribution in [1.82, 2.24) is 36.0 Å². The fourth-order valence-electron chi connectivity index (χ4n) is 7.04. The van der Waals surface area contributed by atoms with Crippen LogP contribution in [0.4, 0.5) is 9.59 Å². The number of carbonyl (C=O) groups excluding carboxylic acids is 8. The minimum Gasteiger partial charge on any atom is -0.480 e. The van der Waals surface area contributed by atoms with E-state index in [0.717, 1.165) is 4.90 Å². The zero-order valence-electron chi connectivity index (χ0n) is 46.7. The summed E-state index contributed by atoms with van der Waals surface area (Å²) in [5.41, 5.74) is 3.68. The first-order valence-electron chi connectivity index (χ1n) is 24.6. The highest BCUT2D eigenvalue weighted by Crippen LogP contribution is 2.28. The zero-order valence-corrected chi connectivity index (χ0v) is 51.2. The lowest BCUT2D eigenvalue weighted by Gasteiger charge is -2.35. The number of aliphatic carboxylic acids is 1. The third kappa shape index (κ3) is 29.5. The maximum Gasteiger partial charge on any atom is 0.410 e. The highest BCUT2D eigenvalue weighted by atomic mass is 35.6. The van der Waals surface area contributed by atoms with Gasteiger partial charge in [0.05, 0.1) is 6.42 Å². The number of rotatable bonds is 15. The van der Waals surface area contributed by atoms with E-state index in [1.807, 2.05) is 0 Å². The van der Waals surface area contributed by atoms with Crippen LogP contribution in [0, 0.1) is 17.8 Å². The van der Waals surface area contributed by atoms with Crippen LogP contribution in [0.25, 0.3) is 0 Å². The molecule has 0 aromatic rings. The van der Waals surface area contributed by atoms with E-state index >= 15 is 0 Å². The number of hydrogen-bond donors (Lipinski definition) is 4. The Morgan fingerprint density at radius 2 is 0.947 bits per heavy atom. The number of carbonyl (C=O) groups is 9. The molecule has 0 aliphatic carbocycles. The quantitative estimate of drug-likeness (QED) is 0.0701. The normalized spacial score (nSPS) is 17.9. The molecule has 76 heavy (non-hydrogen) atoms. The Morgan fingerprint density at radius 1 is 0.592 bits per heavy atom. The molecule has 2 heterocycles. The van der Waals surface area contributed by atoms with Crippen LogP contribution in [0.2, 0.25) is 0 Å². The van der Waals surface area contributed by atoms with Crippen LogP contribution in [0.1, 0.15) is 136 Å². The second-order valence-electron chi connectivity index (χ2n) is 21.9. The SMILES string of the molecule is CC(C)C(C(=O)O)N(C)C(=O)OC(C)(C)C.CC(C)[C@@H](C(=O)N[C@@H](C)C(=O)N1CCC[C@@H](C(=O)OCC(Cl)(Cl)Cl)N1)N(C)C(=O)OC(C)(C)C.C[C@H](CC(=O)OC(C)(C)C)C(=O)N1CCC[C@@H](C(=O)OCC(Cl)(Cl)Cl)N1. The molecule has 0 radical (unpaired) electrons. The van der Waals surface area contributed by atoms with Crippen LogP contribution in [0.15, 0.2) is 0 Å².